The summed E-state index contributed by atoms with van der Waals surface area (Å²) in [6.45, 7) is 0.884. The van der Waals surface area contributed by atoms with Crippen LogP contribution in [-0.4, -0.2) is 32.4 Å². The van der Waals surface area contributed by atoms with Gasteiger partial charge in [-0.15, -0.1) is 0 Å². The molecule has 5 heteroatoms. The molecule has 0 saturated carbocycles. The molecule has 0 amide bonds. The number of carbonyl (C=O) groups excluding carboxylic acids is 2. The Hall–Kier alpha value is -0.940. The second-order valence-corrected chi connectivity index (χ2v) is 1.72. The molecule has 0 fully saturated rings. The van der Waals surface area contributed by atoms with Gasteiger partial charge in [-0.05, 0) is 0 Å². The van der Waals surface area contributed by atoms with E-state index >= 15 is 0 Å². The monoisotopic (exact) mass is 162 g/mol. The Bertz CT molecular complexity index is 142. The summed E-state index contributed by atoms with van der Waals surface area (Å²) in [5.74, 6) is -1.36. The van der Waals surface area contributed by atoms with Gasteiger partial charge in [0.1, 0.15) is 13.4 Å². The van der Waals surface area contributed by atoms with Crippen LogP contribution in [0.4, 0.5) is 0 Å². The predicted octanol–water partition coefficient (Wildman–Crippen LogP) is -0.303. The van der Waals surface area contributed by atoms with Crippen LogP contribution in [0.1, 0.15) is 6.92 Å². The molecular formula is C6H10O5. The molecule has 0 heterocycles. The van der Waals surface area contributed by atoms with Gasteiger partial charge >= 0.3 is 11.9 Å². The normalized spacial score (nSPS) is 9.27. The largest absolute Gasteiger partial charge is 0.392 e. The quantitative estimate of drug-likeness (QED) is 0.246. The Kier molecular flexibility index (Phi) is 5.32. The Morgan fingerprint density at radius 1 is 1.36 bits per heavy atom. The van der Waals surface area contributed by atoms with Gasteiger partial charge in [0.2, 0.25) is 0 Å². The molecule has 0 aliphatic rings. The number of rotatable bonds is 4. The van der Waals surface area contributed by atoms with Crippen molar-refractivity contribution in [1.82, 2.24) is 0 Å². The lowest BCUT2D eigenvalue weighted by Gasteiger charge is -2.00. The Morgan fingerprint density at radius 2 is 2.00 bits per heavy atom. The summed E-state index contributed by atoms with van der Waals surface area (Å²) >= 11 is 0. The minimum atomic E-state index is -0.713. The SMILES string of the molecule is COCOCC(=O)OC(C)=O. The smallest absolute Gasteiger partial charge is 0.339 e. The van der Waals surface area contributed by atoms with Crippen molar-refractivity contribution in [3.8, 4) is 0 Å². The molecule has 11 heavy (non-hydrogen) atoms. The lowest BCUT2D eigenvalue weighted by Crippen LogP contribution is -2.16. The van der Waals surface area contributed by atoms with Gasteiger partial charge in [-0.2, -0.15) is 0 Å². The predicted molar refractivity (Wildman–Crippen MR) is 34.6 cm³/mol. The summed E-state index contributed by atoms with van der Waals surface area (Å²) in [5, 5.41) is 0. The van der Waals surface area contributed by atoms with E-state index in [2.05, 4.69) is 14.2 Å². The molecule has 0 atom stereocenters. The van der Waals surface area contributed by atoms with Crippen LogP contribution in [-0.2, 0) is 23.8 Å². The van der Waals surface area contributed by atoms with E-state index in [4.69, 9.17) is 0 Å². The number of hydrogen-bond donors (Lipinski definition) is 0. The third-order valence-electron chi connectivity index (χ3n) is 0.679. The van der Waals surface area contributed by atoms with Gasteiger partial charge in [0, 0.05) is 14.0 Å². The van der Waals surface area contributed by atoms with Crippen LogP contribution in [0, 0.1) is 0 Å². The average Bonchev–Trinajstić information content (AvgIpc) is 1.86. The maximum Gasteiger partial charge on any atom is 0.339 e. The molecule has 0 rings (SSSR count). The first-order valence-electron chi connectivity index (χ1n) is 2.94. The zero-order valence-corrected chi connectivity index (χ0v) is 6.46. The van der Waals surface area contributed by atoms with Crippen LogP contribution >= 0.6 is 0 Å². The van der Waals surface area contributed by atoms with Crippen LogP contribution in [0.15, 0.2) is 0 Å². The van der Waals surface area contributed by atoms with Crippen molar-refractivity contribution in [3.05, 3.63) is 0 Å². The highest BCUT2D eigenvalue weighted by atomic mass is 16.7. The molecule has 0 saturated heterocycles. The zero-order chi connectivity index (χ0) is 8.69. The molecule has 0 spiro atoms. The van der Waals surface area contributed by atoms with Gasteiger partial charge in [-0.3, -0.25) is 4.79 Å². The van der Waals surface area contributed by atoms with Crippen LogP contribution in [0.25, 0.3) is 0 Å². The fraction of sp³-hybridized carbons (Fsp3) is 0.667. The summed E-state index contributed by atoms with van der Waals surface area (Å²) in [6, 6.07) is 0. The topological polar surface area (TPSA) is 61.8 Å². The van der Waals surface area contributed by atoms with Crippen LogP contribution in [0.2, 0.25) is 0 Å². The third-order valence-corrected chi connectivity index (χ3v) is 0.679. The van der Waals surface area contributed by atoms with E-state index in [-0.39, 0.29) is 13.4 Å². The van der Waals surface area contributed by atoms with E-state index in [9.17, 15) is 9.59 Å². The molecule has 0 aliphatic carbocycles. The minimum Gasteiger partial charge on any atom is -0.392 e. The lowest BCUT2D eigenvalue weighted by molar-refractivity contribution is -0.164. The summed E-state index contributed by atoms with van der Waals surface area (Å²) in [5.41, 5.74) is 0. The Morgan fingerprint density at radius 3 is 2.45 bits per heavy atom. The van der Waals surface area contributed by atoms with E-state index in [1.165, 1.54) is 7.11 Å². The van der Waals surface area contributed by atoms with Gasteiger partial charge in [0.15, 0.2) is 0 Å². The van der Waals surface area contributed by atoms with Gasteiger partial charge in [0.25, 0.3) is 0 Å². The van der Waals surface area contributed by atoms with Crippen molar-refractivity contribution in [1.29, 1.82) is 0 Å². The number of methoxy groups -OCH3 is 1. The van der Waals surface area contributed by atoms with Crippen molar-refractivity contribution in [2.75, 3.05) is 20.5 Å². The summed E-state index contributed by atoms with van der Waals surface area (Å²) in [4.78, 5) is 20.7. The molecule has 0 aromatic carbocycles. The van der Waals surface area contributed by atoms with Gasteiger partial charge < -0.3 is 14.2 Å². The average molecular weight is 162 g/mol. The fourth-order valence-electron chi connectivity index (χ4n) is 0.398. The number of ether oxygens (including phenoxy) is 3. The van der Waals surface area contributed by atoms with Gasteiger partial charge in [-0.1, -0.05) is 0 Å². The summed E-state index contributed by atoms with van der Waals surface area (Å²) in [7, 11) is 1.43. The van der Waals surface area contributed by atoms with Crippen molar-refractivity contribution in [2.24, 2.45) is 0 Å². The number of carbonyl (C=O) groups is 2. The maximum absolute atomic E-state index is 10.5. The van der Waals surface area contributed by atoms with E-state index in [0.29, 0.717) is 0 Å². The van der Waals surface area contributed by atoms with E-state index in [1.54, 1.807) is 0 Å². The highest BCUT2D eigenvalue weighted by Crippen LogP contribution is 1.82. The van der Waals surface area contributed by atoms with Crippen LogP contribution in [0.3, 0.4) is 0 Å². The highest BCUT2D eigenvalue weighted by molar-refractivity contribution is 5.84. The number of hydrogen-bond acceptors (Lipinski definition) is 5. The molecule has 0 aromatic rings. The molecule has 0 unspecified atom stereocenters. The fourth-order valence-corrected chi connectivity index (χ4v) is 0.398. The zero-order valence-electron chi connectivity index (χ0n) is 6.46. The van der Waals surface area contributed by atoms with Crippen LogP contribution in [0.5, 0.6) is 0 Å². The van der Waals surface area contributed by atoms with E-state index in [1.807, 2.05) is 0 Å². The molecule has 0 N–H and O–H groups in total. The van der Waals surface area contributed by atoms with Crippen molar-refractivity contribution in [3.63, 3.8) is 0 Å². The molecule has 0 bridgehead atoms. The van der Waals surface area contributed by atoms with E-state index < -0.39 is 11.9 Å². The molecule has 0 aliphatic heterocycles. The first-order valence-corrected chi connectivity index (χ1v) is 2.94. The Labute approximate surface area is 64.2 Å². The van der Waals surface area contributed by atoms with E-state index in [0.717, 1.165) is 6.92 Å². The number of esters is 2. The third kappa shape index (κ3) is 6.95. The minimum absolute atomic E-state index is 0.00695. The van der Waals surface area contributed by atoms with Crippen molar-refractivity contribution in [2.45, 2.75) is 6.92 Å². The Balaban J connectivity index is 3.30. The molecule has 0 radical (unpaired) electrons. The van der Waals surface area contributed by atoms with Gasteiger partial charge in [-0.25, -0.2) is 4.79 Å². The van der Waals surface area contributed by atoms with Crippen LogP contribution < -0.4 is 0 Å². The second-order valence-electron chi connectivity index (χ2n) is 1.72. The van der Waals surface area contributed by atoms with Crippen molar-refractivity contribution >= 4 is 11.9 Å². The summed E-state index contributed by atoms with van der Waals surface area (Å²) in [6.07, 6.45) is 0. The lowest BCUT2D eigenvalue weighted by atomic mass is 10.7. The maximum atomic E-state index is 10.5. The van der Waals surface area contributed by atoms with Gasteiger partial charge in [0.05, 0.1) is 0 Å². The molecule has 64 valence electrons. The molecule has 0 aromatic heterocycles. The second kappa shape index (κ2) is 5.82. The highest BCUT2D eigenvalue weighted by Gasteiger charge is 2.04. The summed E-state index contributed by atoms with van der Waals surface area (Å²) < 4.78 is 13.2. The first kappa shape index (κ1) is 10.1. The first-order chi connectivity index (χ1) is 5.16. The molecular weight excluding hydrogens is 152 g/mol. The molecule has 5 nitrogen and oxygen atoms in total. The van der Waals surface area contributed by atoms with Crippen molar-refractivity contribution < 1.29 is 23.8 Å². The standard InChI is InChI=1S/C6H10O5/c1-5(7)11-6(8)3-10-4-9-2/h3-4H2,1-2H3.